The molecule has 0 bridgehead atoms. The van der Waals surface area contributed by atoms with Crippen LogP contribution in [0.3, 0.4) is 0 Å². The van der Waals surface area contributed by atoms with Crippen molar-refractivity contribution in [2.24, 2.45) is 0 Å². The van der Waals surface area contributed by atoms with Crippen molar-refractivity contribution >= 4 is 12.1 Å². The fourth-order valence-corrected chi connectivity index (χ4v) is 5.67. The Morgan fingerprint density at radius 1 is 0.882 bits per heavy atom. The van der Waals surface area contributed by atoms with Crippen LogP contribution in [0.4, 0.5) is 5.82 Å². The van der Waals surface area contributed by atoms with Gasteiger partial charge >= 0.3 is 5.69 Å². The molecule has 0 radical (unpaired) electrons. The molecule has 1 aromatic heterocycles. The van der Waals surface area contributed by atoms with Crippen LogP contribution in [0.2, 0.25) is 0 Å². The van der Waals surface area contributed by atoms with Crippen LogP contribution in [-0.4, -0.2) is 22.0 Å². The van der Waals surface area contributed by atoms with Crippen LogP contribution in [0.15, 0.2) is 52.1 Å². The predicted molar refractivity (Wildman–Crippen MR) is 137 cm³/mol. The molecular weight excluding hydrogens is 426 g/mol. The molecule has 2 saturated carbocycles. The molecule has 0 N–H and O–H groups in total. The summed E-state index contributed by atoms with van der Waals surface area (Å²) in [6.45, 7) is 2.99. The maximum atomic E-state index is 14.1. The maximum absolute atomic E-state index is 14.1. The standard InChI is InChI=1S/C28H37N3O3/c1-2-3-19-29(20-22-13-7-4-8-14-22)26-25(21-32)27(33)31(24-17-11-6-12-18-24)28(34)30(26)23-15-9-5-10-16-23/h2-4,7-8,13-14,21,23-24H,5-6,9-12,15-20H2,1H3/b3-2+. The normalized spacial score (nSPS) is 17.8. The summed E-state index contributed by atoms with van der Waals surface area (Å²) in [5, 5.41) is 0. The largest absolute Gasteiger partial charge is 0.349 e. The average Bonchev–Trinajstić information content (AvgIpc) is 2.88. The zero-order valence-corrected chi connectivity index (χ0v) is 20.3. The van der Waals surface area contributed by atoms with E-state index in [9.17, 15) is 14.4 Å². The Morgan fingerprint density at radius 2 is 1.47 bits per heavy atom. The lowest BCUT2D eigenvalue weighted by Crippen LogP contribution is -2.48. The summed E-state index contributed by atoms with van der Waals surface area (Å²) in [4.78, 5) is 42.3. The van der Waals surface area contributed by atoms with E-state index in [0.717, 1.165) is 69.8 Å². The molecule has 6 nitrogen and oxygen atoms in total. The highest BCUT2D eigenvalue weighted by atomic mass is 16.2. The second-order valence-electron chi connectivity index (χ2n) is 9.70. The van der Waals surface area contributed by atoms with Crippen molar-refractivity contribution in [3.8, 4) is 0 Å². The van der Waals surface area contributed by atoms with E-state index in [2.05, 4.69) is 0 Å². The zero-order valence-electron chi connectivity index (χ0n) is 20.3. The highest BCUT2D eigenvalue weighted by Gasteiger charge is 2.31. The Bertz CT molecular complexity index is 1100. The topological polar surface area (TPSA) is 64.3 Å². The van der Waals surface area contributed by atoms with Gasteiger partial charge in [-0.1, -0.05) is 81.0 Å². The lowest BCUT2D eigenvalue weighted by atomic mass is 9.94. The zero-order chi connectivity index (χ0) is 23.9. The van der Waals surface area contributed by atoms with Crippen LogP contribution in [0, 0.1) is 0 Å². The van der Waals surface area contributed by atoms with Crippen LogP contribution in [0.25, 0.3) is 0 Å². The Labute approximate surface area is 201 Å². The van der Waals surface area contributed by atoms with Crippen LogP contribution >= 0.6 is 0 Å². The second kappa shape index (κ2) is 11.5. The van der Waals surface area contributed by atoms with E-state index in [1.54, 1.807) is 0 Å². The molecular formula is C28H37N3O3. The summed E-state index contributed by atoms with van der Waals surface area (Å²) >= 11 is 0. The molecule has 2 aromatic rings. The van der Waals surface area contributed by atoms with E-state index < -0.39 is 5.56 Å². The van der Waals surface area contributed by atoms with Gasteiger partial charge in [0, 0.05) is 25.2 Å². The van der Waals surface area contributed by atoms with Gasteiger partial charge in [0.1, 0.15) is 11.4 Å². The minimum atomic E-state index is -0.424. The Morgan fingerprint density at radius 3 is 2.03 bits per heavy atom. The number of carbonyl (C=O) groups excluding carboxylic acids is 1. The number of nitrogens with zero attached hydrogens (tertiary/aromatic N) is 3. The SMILES string of the molecule is C/C=C/CN(Cc1ccccc1)c1c(C=O)c(=O)n(C2CCCCC2)c(=O)n1C1CCCCC1. The molecule has 182 valence electrons. The van der Waals surface area contributed by atoms with E-state index in [-0.39, 0.29) is 23.3 Å². The molecule has 1 aromatic carbocycles. The quantitative estimate of drug-likeness (QED) is 0.388. The van der Waals surface area contributed by atoms with E-state index in [1.807, 2.05) is 58.9 Å². The van der Waals surface area contributed by atoms with Crippen LogP contribution in [0.5, 0.6) is 0 Å². The molecule has 0 spiro atoms. The first kappa shape index (κ1) is 24.2. The van der Waals surface area contributed by atoms with Crippen molar-refractivity contribution in [1.29, 1.82) is 0 Å². The number of allylic oxidation sites excluding steroid dienone is 1. The fraction of sp³-hybridized carbons (Fsp3) is 0.536. The molecule has 0 amide bonds. The molecule has 0 atom stereocenters. The number of hydrogen-bond acceptors (Lipinski definition) is 4. The summed E-state index contributed by atoms with van der Waals surface area (Å²) < 4.78 is 3.25. The summed E-state index contributed by atoms with van der Waals surface area (Å²) in [6.07, 6.45) is 14.5. The molecule has 2 fully saturated rings. The van der Waals surface area contributed by atoms with Crippen molar-refractivity contribution in [2.75, 3.05) is 11.4 Å². The molecule has 6 heteroatoms. The van der Waals surface area contributed by atoms with Crippen molar-refractivity contribution < 1.29 is 4.79 Å². The molecule has 0 saturated heterocycles. The first-order valence-corrected chi connectivity index (χ1v) is 12.9. The number of aldehydes is 1. The number of hydrogen-bond donors (Lipinski definition) is 0. The van der Waals surface area contributed by atoms with Gasteiger partial charge in [0.2, 0.25) is 0 Å². The number of rotatable bonds is 8. The molecule has 2 aliphatic rings. The molecule has 4 rings (SSSR count). The first-order valence-electron chi connectivity index (χ1n) is 12.9. The van der Waals surface area contributed by atoms with Crippen LogP contribution in [0.1, 0.15) is 99.1 Å². The van der Waals surface area contributed by atoms with Gasteiger partial charge in [-0.3, -0.25) is 18.7 Å². The van der Waals surface area contributed by atoms with E-state index in [1.165, 1.54) is 4.57 Å². The number of aromatic nitrogens is 2. The molecule has 0 aliphatic heterocycles. The van der Waals surface area contributed by atoms with Crippen LogP contribution in [-0.2, 0) is 6.54 Å². The number of anilines is 1. The smallest absolute Gasteiger partial charge is 0.333 e. The van der Waals surface area contributed by atoms with Gasteiger partial charge in [-0.25, -0.2) is 4.79 Å². The number of carbonyl (C=O) groups is 1. The highest BCUT2D eigenvalue weighted by Crippen LogP contribution is 2.33. The molecule has 1 heterocycles. The highest BCUT2D eigenvalue weighted by molar-refractivity contribution is 5.82. The van der Waals surface area contributed by atoms with Gasteiger partial charge in [-0.2, -0.15) is 0 Å². The Balaban J connectivity index is 1.93. The van der Waals surface area contributed by atoms with Gasteiger partial charge in [0.25, 0.3) is 5.56 Å². The lowest BCUT2D eigenvalue weighted by molar-refractivity contribution is 0.112. The predicted octanol–water partition coefficient (Wildman–Crippen LogP) is 5.42. The van der Waals surface area contributed by atoms with Gasteiger partial charge in [0.15, 0.2) is 6.29 Å². The minimum absolute atomic E-state index is 0.00858. The van der Waals surface area contributed by atoms with Crippen molar-refractivity contribution in [1.82, 2.24) is 9.13 Å². The summed E-state index contributed by atoms with van der Waals surface area (Å²) in [6, 6.07) is 9.91. The summed E-state index contributed by atoms with van der Waals surface area (Å²) in [5.74, 6) is 0.492. The van der Waals surface area contributed by atoms with Gasteiger partial charge in [0.05, 0.1) is 0 Å². The van der Waals surface area contributed by atoms with E-state index in [4.69, 9.17) is 0 Å². The van der Waals surface area contributed by atoms with Gasteiger partial charge < -0.3 is 4.90 Å². The summed E-state index contributed by atoms with van der Waals surface area (Å²) in [5.41, 5.74) is 0.537. The van der Waals surface area contributed by atoms with Gasteiger partial charge in [-0.15, -0.1) is 0 Å². The Hall–Kier alpha value is -2.89. The third kappa shape index (κ3) is 5.11. The van der Waals surface area contributed by atoms with Gasteiger partial charge in [-0.05, 0) is 38.2 Å². The molecule has 34 heavy (non-hydrogen) atoms. The third-order valence-corrected chi connectivity index (χ3v) is 7.41. The molecule has 2 aliphatic carbocycles. The van der Waals surface area contributed by atoms with Crippen LogP contribution < -0.4 is 16.1 Å². The van der Waals surface area contributed by atoms with Crippen molar-refractivity contribution in [2.45, 2.75) is 89.8 Å². The maximum Gasteiger partial charge on any atom is 0.333 e. The first-order chi connectivity index (χ1) is 16.7. The van der Waals surface area contributed by atoms with E-state index in [0.29, 0.717) is 25.2 Å². The van der Waals surface area contributed by atoms with Crippen molar-refractivity contribution in [3.05, 3.63) is 74.4 Å². The average molecular weight is 464 g/mol. The monoisotopic (exact) mass is 463 g/mol. The third-order valence-electron chi connectivity index (χ3n) is 7.41. The Kier molecular flexibility index (Phi) is 8.20. The lowest BCUT2D eigenvalue weighted by Gasteiger charge is -2.34. The van der Waals surface area contributed by atoms with Crippen molar-refractivity contribution in [3.63, 3.8) is 0 Å². The second-order valence-corrected chi connectivity index (χ2v) is 9.70. The number of benzene rings is 1. The minimum Gasteiger partial charge on any atom is -0.349 e. The van der Waals surface area contributed by atoms with E-state index >= 15 is 0 Å². The molecule has 0 unspecified atom stereocenters. The fourth-order valence-electron chi connectivity index (χ4n) is 5.67. The summed E-state index contributed by atoms with van der Waals surface area (Å²) in [7, 11) is 0.